The molecule has 2 saturated heterocycles. The minimum Gasteiger partial charge on any atom is -0.477 e. The molecule has 3 heterocycles. The number of guanidine groups is 1. The minimum absolute atomic E-state index is 0.0406. The van der Waals surface area contributed by atoms with E-state index in [9.17, 15) is 4.79 Å². The zero-order chi connectivity index (χ0) is 21.6. The summed E-state index contributed by atoms with van der Waals surface area (Å²) in [5.74, 6) is 2.60. The molecule has 1 amide bonds. The van der Waals surface area contributed by atoms with Crippen LogP contribution in [0.2, 0.25) is 0 Å². The Labute approximate surface area is 185 Å². The number of pyridine rings is 1. The Balaban J connectivity index is 1.23. The number of carbonyl (C=O) groups excluding carboxylic acids is 1. The van der Waals surface area contributed by atoms with Crippen LogP contribution in [-0.4, -0.2) is 90.5 Å². The number of nitrogens with zero attached hydrogens (tertiary/aromatic N) is 5. The number of aromatic nitrogens is 1. The lowest BCUT2D eigenvalue weighted by molar-refractivity contribution is -0.135. The van der Waals surface area contributed by atoms with Crippen molar-refractivity contribution < 1.29 is 9.53 Å². The lowest BCUT2D eigenvalue weighted by atomic mass is 10.2. The first kappa shape index (κ1) is 21.9. The zero-order valence-electron chi connectivity index (χ0n) is 18.9. The second kappa shape index (κ2) is 10.3. The maximum Gasteiger partial charge on any atom is 0.239 e. The van der Waals surface area contributed by atoms with Crippen molar-refractivity contribution in [3.05, 3.63) is 23.9 Å². The summed E-state index contributed by atoms with van der Waals surface area (Å²) < 4.78 is 5.79. The van der Waals surface area contributed by atoms with Gasteiger partial charge in [-0.2, -0.15) is 0 Å². The predicted molar refractivity (Wildman–Crippen MR) is 121 cm³/mol. The normalized spacial score (nSPS) is 21.3. The van der Waals surface area contributed by atoms with Gasteiger partial charge in [-0.15, -0.1) is 0 Å². The smallest absolute Gasteiger partial charge is 0.239 e. The van der Waals surface area contributed by atoms with Gasteiger partial charge in [0.05, 0.1) is 12.6 Å². The number of ether oxygens (including phenoxy) is 1. The van der Waals surface area contributed by atoms with Crippen LogP contribution in [0.4, 0.5) is 0 Å². The van der Waals surface area contributed by atoms with Crippen LogP contribution in [-0.2, 0) is 11.3 Å². The third-order valence-corrected chi connectivity index (χ3v) is 6.56. The molecule has 170 valence electrons. The largest absolute Gasteiger partial charge is 0.477 e. The Hall–Kier alpha value is -2.35. The highest BCUT2D eigenvalue weighted by molar-refractivity contribution is 5.82. The number of rotatable bonds is 7. The van der Waals surface area contributed by atoms with Gasteiger partial charge < -0.3 is 19.9 Å². The topological polar surface area (TPSA) is 73.3 Å². The Kier molecular flexibility index (Phi) is 7.27. The van der Waals surface area contributed by atoms with Gasteiger partial charge >= 0.3 is 0 Å². The second-order valence-electron chi connectivity index (χ2n) is 8.89. The lowest BCUT2D eigenvalue weighted by Gasteiger charge is -2.39. The third-order valence-electron chi connectivity index (χ3n) is 6.56. The molecule has 0 spiro atoms. The van der Waals surface area contributed by atoms with E-state index in [1.165, 1.54) is 12.8 Å². The van der Waals surface area contributed by atoms with Crippen molar-refractivity contribution in [2.45, 2.75) is 45.2 Å². The summed E-state index contributed by atoms with van der Waals surface area (Å²) >= 11 is 0. The van der Waals surface area contributed by atoms with Gasteiger partial charge in [0.15, 0.2) is 5.96 Å². The summed E-state index contributed by atoms with van der Waals surface area (Å²) in [5, 5.41) is 3.47. The molecule has 8 heteroatoms. The first-order valence-corrected chi connectivity index (χ1v) is 11.7. The van der Waals surface area contributed by atoms with Crippen molar-refractivity contribution >= 4 is 11.9 Å². The van der Waals surface area contributed by atoms with Gasteiger partial charge in [0.1, 0.15) is 0 Å². The number of likely N-dealkylation sites (tertiary alicyclic amines) is 1. The van der Waals surface area contributed by atoms with Gasteiger partial charge in [-0.25, -0.2) is 4.98 Å². The quantitative estimate of drug-likeness (QED) is 0.525. The van der Waals surface area contributed by atoms with Crippen molar-refractivity contribution in [2.24, 2.45) is 10.9 Å². The highest BCUT2D eigenvalue weighted by Gasteiger charge is 2.30. The Bertz CT molecular complexity index is 767. The fraction of sp³-hybridized carbons (Fsp3) is 0.696. The summed E-state index contributed by atoms with van der Waals surface area (Å²) in [6.45, 7) is 8.81. The van der Waals surface area contributed by atoms with Crippen LogP contribution < -0.4 is 10.1 Å². The van der Waals surface area contributed by atoms with E-state index in [-0.39, 0.29) is 11.9 Å². The molecule has 1 aromatic heterocycles. The highest BCUT2D eigenvalue weighted by Crippen LogP contribution is 2.29. The third kappa shape index (κ3) is 5.87. The number of carbonyl (C=O) groups is 1. The summed E-state index contributed by atoms with van der Waals surface area (Å²) in [6.07, 6.45) is 6.63. The Morgan fingerprint density at radius 3 is 2.61 bits per heavy atom. The number of nitrogens with one attached hydrogen (secondary N) is 1. The van der Waals surface area contributed by atoms with E-state index in [2.05, 4.69) is 32.0 Å². The molecule has 31 heavy (non-hydrogen) atoms. The molecular formula is C23H36N6O2. The van der Waals surface area contributed by atoms with E-state index in [4.69, 9.17) is 4.74 Å². The zero-order valence-corrected chi connectivity index (χ0v) is 18.9. The van der Waals surface area contributed by atoms with Gasteiger partial charge in [0, 0.05) is 65.1 Å². The van der Waals surface area contributed by atoms with Gasteiger partial charge in [0.25, 0.3) is 0 Å². The van der Waals surface area contributed by atoms with E-state index in [1.54, 1.807) is 6.20 Å². The van der Waals surface area contributed by atoms with Crippen LogP contribution in [0.5, 0.6) is 5.88 Å². The number of aliphatic imine (C=N–C) groups is 1. The van der Waals surface area contributed by atoms with Crippen LogP contribution in [0, 0.1) is 5.92 Å². The molecule has 8 nitrogen and oxygen atoms in total. The number of hydrogen-bond acceptors (Lipinski definition) is 5. The Morgan fingerprint density at radius 1 is 1.19 bits per heavy atom. The second-order valence-corrected chi connectivity index (χ2v) is 8.89. The molecule has 0 aromatic carbocycles. The van der Waals surface area contributed by atoms with Crippen LogP contribution in [0.1, 0.15) is 38.2 Å². The van der Waals surface area contributed by atoms with Gasteiger partial charge in [-0.3, -0.25) is 14.7 Å². The van der Waals surface area contributed by atoms with E-state index in [1.807, 2.05) is 24.1 Å². The van der Waals surface area contributed by atoms with Crippen LogP contribution in [0.25, 0.3) is 0 Å². The summed E-state index contributed by atoms with van der Waals surface area (Å²) in [5.41, 5.74) is 1.13. The molecule has 1 saturated carbocycles. The molecule has 1 aliphatic carbocycles. The van der Waals surface area contributed by atoms with E-state index in [0.717, 1.165) is 76.2 Å². The fourth-order valence-electron chi connectivity index (χ4n) is 4.32. The molecule has 4 rings (SSSR count). The number of piperazine rings is 1. The molecule has 1 aromatic rings. The first-order valence-electron chi connectivity index (χ1n) is 11.7. The monoisotopic (exact) mass is 428 g/mol. The highest BCUT2D eigenvalue weighted by atomic mass is 16.5. The fourth-order valence-corrected chi connectivity index (χ4v) is 4.32. The van der Waals surface area contributed by atoms with Gasteiger partial charge in [0.2, 0.25) is 11.8 Å². The molecular weight excluding hydrogens is 392 g/mol. The summed E-state index contributed by atoms with van der Waals surface area (Å²) in [4.78, 5) is 28.1. The van der Waals surface area contributed by atoms with Gasteiger partial charge in [-0.1, -0.05) is 0 Å². The maximum atomic E-state index is 12.7. The molecule has 2 aliphatic heterocycles. The van der Waals surface area contributed by atoms with E-state index < -0.39 is 0 Å². The van der Waals surface area contributed by atoms with Gasteiger partial charge in [-0.05, 0) is 50.2 Å². The van der Waals surface area contributed by atoms with Crippen molar-refractivity contribution in [2.75, 3.05) is 52.9 Å². The molecule has 1 N–H and O–H groups in total. The standard InChI is InChI=1S/C23H36N6O2/c1-18(22(30)28-9-3-4-10-28)27-11-13-29(14-12-27)23(24-2)26-16-20-7-8-25-21(15-20)31-17-19-5-6-19/h7-8,15,18-19H,3-6,9-14,16-17H2,1-2H3,(H,24,26). The maximum absolute atomic E-state index is 12.7. The predicted octanol–water partition coefficient (Wildman–Crippen LogP) is 1.57. The first-order chi connectivity index (χ1) is 15.1. The van der Waals surface area contributed by atoms with Crippen molar-refractivity contribution in [1.29, 1.82) is 0 Å². The SMILES string of the molecule is CN=C(NCc1ccnc(OCC2CC2)c1)N1CCN(C(C)C(=O)N2CCCC2)CC1. The molecule has 1 unspecified atom stereocenters. The molecule has 0 radical (unpaired) electrons. The average molecular weight is 429 g/mol. The van der Waals surface area contributed by atoms with E-state index >= 15 is 0 Å². The van der Waals surface area contributed by atoms with E-state index in [0.29, 0.717) is 12.4 Å². The van der Waals surface area contributed by atoms with Crippen LogP contribution in [0.3, 0.4) is 0 Å². The number of amides is 1. The van der Waals surface area contributed by atoms with Crippen LogP contribution >= 0.6 is 0 Å². The molecule has 1 atom stereocenters. The van der Waals surface area contributed by atoms with Crippen molar-refractivity contribution in [1.82, 2.24) is 25.0 Å². The molecule has 0 bridgehead atoms. The van der Waals surface area contributed by atoms with Crippen molar-refractivity contribution in [3.8, 4) is 5.88 Å². The van der Waals surface area contributed by atoms with Crippen LogP contribution in [0.15, 0.2) is 23.3 Å². The molecule has 3 aliphatic rings. The summed E-state index contributed by atoms with van der Waals surface area (Å²) in [7, 11) is 1.82. The summed E-state index contributed by atoms with van der Waals surface area (Å²) in [6, 6.07) is 3.97. The molecule has 3 fully saturated rings. The van der Waals surface area contributed by atoms with Crippen molar-refractivity contribution in [3.63, 3.8) is 0 Å². The lowest BCUT2D eigenvalue weighted by Crippen LogP contribution is -2.57. The number of hydrogen-bond donors (Lipinski definition) is 1. The Morgan fingerprint density at radius 2 is 1.94 bits per heavy atom. The minimum atomic E-state index is -0.0406. The average Bonchev–Trinajstić information content (AvgIpc) is 3.48.